The first-order valence-corrected chi connectivity index (χ1v) is 5.18. The molecule has 0 aromatic heterocycles. The van der Waals surface area contributed by atoms with E-state index in [1.807, 2.05) is 0 Å². The second kappa shape index (κ2) is 5.58. The van der Waals surface area contributed by atoms with Crippen molar-refractivity contribution in [3.8, 4) is 0 Å². The summed E-state index contributed by atoms with van der Waals surface area (Å²) in [5.41, 5.74) is 0. The van der Waals surface area contributed by atoms with Crippen LogP contribution in [0.15, 0.2) is 0 Å². The van der Waals surface area contributed by atoms with Gasteiger partial charge in [0.2, 0.25) is 0 Å². The van der Waals surface area contributed by atoms with Gasteiger partial charge < -0.3 is 15.0 Å². The van der Waals surface area contributed by atoms with Gasteiger partial charge in [-0.15, -0.1) is 0 Å². The minimum Gasteiger partial charge on any atom is -0.378 e. The predicted octanol–water partition coefficient (Wildman–Crippen LogP) is 0.563. The Morgan fingerprint density at radius 3 is 2.85 bits per heavy atom. The molecule has 0 bridgehead atoms. The van der Waals surface area contributed by atoms with Crippen LogP contribution in [0.1, 0.15) is 13.8 Å². The molecule has 0 aliphatic carbocycles. The van der Waals surface area contributed by atoms with Crippen LogP contribution < -0.4 is 5.32 Å². The van der Waals surface area contributed by atoms with Crippen LogP contribution in [0.4, 0.5) is 0 Å². The lowest BCUT2D eigenvalue weighted by atomic mass is 10.2. The number of hydrogen-bond donors (Lipinski definition) is 1. The molecule has 1 atom stereocenters. The van der Waals surface area contributed by atoms with Gasteiger partial charge in [0.05, 0.1) is 13.2 Å². The van der Waals surface area contributed by atoms with Gasteiger partial charge in [-0.1, -0.05) is 13.8 Å². The largest absolute Gasteiger partial charge is 0.378 e. The summed E-state index contributed by atoms with van der Waals surface area (Å²) in [7, 11) is 2.18. The van der Waals surface area contributed by atoms with Gasteiger partial charge in [-0.25, -0.2) is 0 Å². The van der Waals surface area contributed by atoms with E-state index in [1.165, 1.54) is 0 Å². The Morgan fingerprint density at radius 2 is 2.31 bits per heavy atom. The Labute approximate surface area is 81.4 Å². The van der Waals surface area contributed by atoms with E-state index in [0.717, 1.165) is 38.8 Å². The fourth-order valence-electron chi connectivity index (χ4n) is 1.81. The maximum absolute atomic E-state index is 5.40. The van der Waals surface area contributed by atoms with Crippen LogP contribution in [0.5, 0.6) is 0 Å². The van der Waals surface area contributed by atoms with Gasteiger partial charge in [0, 0.05) is 25.7 Å². The van der Waals surface area contributed by atoms with E-state index in [1.54, 1.807) is 0 Å². The van der Waals surface area contributed by atoms with E-state index >= 15 is 0 Å². The van der Waals surface area contributed by atoms with Crippen molar-refractivity contribution >= 4 is 0 Å². The number of hydrogen-bond acceptors (Lipinski definition) is 3. The normalized spacial score (nSPS) is 24.2. The summed E-state index contributed by atoms with van der Waals surface area (Å²) in [4.78, 5) is 2.37. The van der Waals surface area contributed by atoms with E-state index in [0.29, 0.717) is 6.04 Å². The summed E-state index contributed by atoms with van der Waals surface area (Å²) >= 11 is 0. The Kier molecular flexibility index (Phi) is 4.70. The highest BCUT2D eigenvalue weighted by atomic mass is 16.5. The standard InChI is InChI=1S/C10H22N2O/c1-9(2)6-12(3)7-10-8-13-5-4-11-10/h9-11H,4-8H2,1-3H3. The lowest BCUT2D eigenvalue weighted by molar-refractivity contribution is 0.0640. The fraction of sp³-hybridized carbons (Fsp3) is 1.00. The van der Waals surface area contributed by atoms with Gasteiger partial charge in [-0.2, -0.15) is 0 Å². The molecule has 0 radical (unpaired) electrons. The molecule has 1 aliphatic rings. The van der Waals surface area contributed by atoms with Crippen molar-refractivity contribution < 1.29 is 4.74 Å². The van der Waals surface area contributed by atoms with Crippen molar-refractivity contribution in [2.45, 2.75) is 19.9 Å². The van der Waals surface area contributed by atoms with Gasteiger partial charge in [-0.05, 0) is 13.0 Å². The van der Waals surface area contributed by atoms with Gasteiger partial charge in [0.1, 0.15) is 0 Å². The molecule has 1 unspecified atom stereocenters. The second-order valence-corrected chi connectivity index (χ2v) is 4.34. The lowest BCUT2D eigenvalue weighted by Crippen LogP contribution is -2.48. The van der Waals surface area contributed by atoms with E-state index < -0.39 is 0 Å². The van der Waals surface area contributed by atoms with Crippen LogP contribution >= 0.6 is 0 Å². The Hall–Kier alpha value is -0.120. The molecule has 1 aliphatic heterocycles. The van der Waals surface area contributed by atoms with Crippen LogP contribution in [-0.4, -0.2) is 50.8 Å². The monoisotopic (exact) mass is 186 g/mol. The van der Waals surface area contributed by atoms with Crippen LogP contribution in [-0.2, 0) is 4.74 Å². The maximum atomic E-state index is 5.40. The Balaban J connectivity index is 2.14. The second-order valence-electron chi connectivity index (χ2n) is 4.34. The molecule has 0 amide bonds. The first-order chi connectivity index (χ1) is 6.18. The first kappa shape index (κ1) is 11.0. The van der Waals surface area contributed by atoms with Crippen molar-refractivity contribution in [2.24, 2.45) is 5.92 Å². The molecule has 1 fully saturated rings. The quantitative estimate of drug-likeness (QED) is 0.694. The number of ether oxygens (including phenoxy) is 1. The molecule has 1 N–H and O–H groups in total. The number of morpholine rings is 1. The van der Waals surface area contributed by atoms with Crippen LogP contribution in [0.3, 0.4) is 0 Å². The average Bonchev–Trinajstić information content (AvgIpc) is 2.04. The highest BCUT2D eigenvalue weighted by Gasteiger charge is 2.14. The highest BCUT2D eigenvalue weighted by Crippen LogP contribution is 1.99. The fourth-order valence-corrected chi connectivity index (χ4v) is 1.81. The Bertz CT molecular complexity index is 133. The third-order valence-corrected chi connectivity index (χ3v) is 2.21. The summed E-state index contributed by atoms with van der Waals surface area (Å²) in [5, 5.41) is 3.46. The molecule has 1 heterocycles. The molecular formula is C10H22N2O. The molecule has 13 heavy (non-hydrogen) atoms. The zero-order valence-corrected chi connectivity index (χ0v) is 9.05. The topological polar surface area (TPSA) is 24.5 Å². The smallest absolute Gasteiger partial charge is 0.0632 e. The lowest BCUT2D eigenvalue weighted by Gasteiger charge is -2.28. The summed E-state index contributed by atoms with van der Waals surface area (Å²) in [6.07, 6.45) is 0. The SMILES string of the molecule is CC(C)CN(C)CC1COCCN1. The molecule has 1 rings (SSSR count). The van der Waals surface area contributed by atoms with E-state index in [2.05, 4.69) is 31.1 Å². The number of rotatable bonds is 4. The van der Waals surface area contributed by atoms with Crippen molar-refractivity contribution in [1.29, 1.82) is 0 Å². The van der Waals surface area contributed by atoms with E-state index in [4.69, 9.17) is 4.74 Å². The molecule has 0 aromatic rings. The van der Waals surface area contributed by atoms with E-state index in [9.17, 15) is 0 Å². The van der Waals surface area contributed by atoms with Crippen molar-refractivity contribution in [3.63, 3.8) is 0 Å². The van der Waals surface area contributed by atoms with Crippen molar-refractivity contribution in [3.05, 3.63) is 0 Å². The zero-order valence-electron chi connectivity index (χ0n) is 9.05. The van der Waals surface area contributed by atoms with Crippen LogP contribution in [0, 0.1) is 5.92 Å². The molecule has 78 valence electrons. The molecule has 0 aromatic carbocycles. The predicted molar refractivity (Wildman–Crippen MR) is 54.9 cm³/mol. The third kappa shape index (κ3) is 4.60. The summed E-state index contributed by atoms with van der Waals surface area (Å²) in [6.45, 7) is 9.49. The number of nitrogens with zero attached hydrogens (tertiary/aromatic N) is 1. The highest BCUT2D eigenvalue weighted by molar-refractivity contribution is 4.73. The minimum absolute atomic E-state index is 0.525. The molecule has 0 saturated carbocycles. The molecule has 3 heteroatoms. The van der Waals surface area contributed by atoms with Crippen LogP contribution in [0.25, 0.3) is 0 Å². The third-order valence-electron chi connectivity index (χ3n) is 2.21. The summed E-state index contributed by atoms with van der Waals surface area (Å²) < 4.78 is 5.40. The first-order valence-electron chi connectivity index (χ1n) is 5.18. The van der Waals surface area contributed by atoms with Gasteiger partial charge in [-0.3, -0.25) is 0 Å². The van der Waals surface area contributed by atoms with Crippen molar-refractivity contribution in [1.82, 2.24) is 10.2 Å². The number of likely N-dealkylation sites (N-methyl/N-ethyl adjacent to an activating group) is 1. The summed E-state index contributed by atoms with van der Waals surface area (Å²) in [5.74, 6) is 0.745. The minimum atomic E-state index is 0.525. The average molecular weight is 186 g/mol. The Morgan fingerprint density at radius 1 is 1.54 bits per heavy atom. The van der Waals surface area contributed by atoms with Crippen LogP contribution in [0.2, 0.25) is 0 Å². The molecule has 1 saturated heterocycles. The van der Waals surface area contributed by atoms with Gasteiger partial charge in [0.15, 0.2) is 0 Å². The zero-order chi connectivity index (χ0) is 9.68. The number of nitrogens with one attached hydrogen (secondary N) is 1. The van der Waals surface area contributed by atoms with Gasteiger partial charge >= 0.3 is 0 Å². The summed E-state index contributed by atoms with van der Waals surface area (Å²) in [6, 6.07) is 0.525. The molecule has 0 spiro atoms. The van der Waals surface area contributed by atoms with Gasteiger partial charge in [0.25, 0.3) is 0 Å². The molecule has 3 nitrogen and oxygen atoms in total. The van der Waals surface area contributed by atoms with E-state index in [-0.39, 0.29) is 0 Å². The molecular weight excluding hydrogens is 164 g/mol. The maximum Gasteiger partial charge on any atom is 0.0632 e. The van der Waals surface area contributed by atoms with Crippen molar-refractivity contribution in [2.75, 3.05) is 39.9 Å².